The zero-order valence-corrected chi connectivity index (χ0v) is 8.64. The van der Waals surface area contributed by atoms with Crippen molar-refractivity contribution in [2.24, 2.45) is 0 Å². The van der Waals surface area contributed by atoms with Crippen LogP contribution < -0.4 is 5.32 Å². The largest absolute Gasteiger partial charge is 0.324 e. The molecule has 1 aromatic rings. The van der Waals surface area contributed by atoms with Crippen molar-refractivity contribution in [3.8, 4) is 0 Å². The summed E-state index contributed by atoms with van der Waals surface area (Å²) in [5.41, 5.74) is 0.138. The second-order valence-electron chi connectivity index (χ2n) is 3.32. The van der Waals surface area contributed by atoms with Crippen molar-refractivity contribution in [2.75, 3.05) is 5.32 Å². The number of carbonyl (C=O) groups is 1. The molecular formula is C9H8FNO3S. The second kappa shape index (κ2) is 3.03. The average molecular weight is 229 g/mol. The first-order chi connectivity index (χ1) is 6.93. The van der Waals surface area contributed by atoms with Gasteiger partial charge in [0.2, 0.25) is 5.91 Å². The fraction of sp³-hybridized carbons (Fsp3) is 0.222. The summed E-state index contributed by atoms with van der Waals surface area (Å²) >= 11 is 0. The summed E-state index contributed by atoms with van der Waals surface area (Å²) in [5.74, 6) is -1.23. The number of halogens is 1. The Bertz CT molecular complexity index is 538. The molecule has 6 heteroatoms. The van der Waals surface area contributed by atoms with E-state index in [0.29, 0.717) is 0 Å². The number of fused-ring (bicyclic) bond motifs is 1. The summed E-state index contributed by atoms with van der Waals surface area (Å²) in [4.78, 5) is 11.1. The number of amides is 1. The molecule has 1 aliphatic rings. The molecule has 1 unspecified atom stereocenters. The normalized spacial score (nSPS) is 23.1. The molecule has 2 rings (SSSR count). The molecule has 1 heterocycles. The van der Waals surface area contributed by atoms with Crippen LogP contribution >= 0.6 is 0 Å². The van der Waals surface area contributed by atoms with Gasteiger partial charge in [0.25, 0.3) is 0 Å². The standard InChI is InChI=1S/C9H8FNO3S/c1-5-9(12)11-7-3-2-6(10)4-8(7)15(5,13)14/h2-5H,1H3,(H,11,12). The van der Waals surface area contributed by atoms with Crippen molar-refractivity contribution >= 4 is 21.4 Å². The predicted octanol–water partition coefficient (Wildman–Crippen LogP) is 0.940. The third kappa shape index (κ3) is 1.41. The molecule has 0 bridgehead atoms. The van der Waals surface area contributed by atoms with Crippen molar-refractivity contribution in [1.82, 2.24) is 0 Å². The highest BCUT2D eigenvalue weighted by atomic mass is 32.2. The first-order valence-corrected chi connectivity index (χ1v) is 5.82. The summed E-state index contributed by atoms with van der Waals surface area (Å²) < 4.78 is 36.4. The van der Waals surface area contributed by atoms with E-state index >= 15 is 0 Å². The number of sulfone groups is 1. The van der Waals surface area contributed by atoms with E-state index in [9.17, 15) is 17.6 Å². The highest BCUT2D eigenvalue weighted by Crippen LogP contribution is 2.30. The molecule has 80 valence electrons. The monoisotopic (exact) mass is 229 g/mol. The van der Waals surface area contributed by atoms with Gasteiger partial charge >= 0.3 is 0 Å². The number of anilines is 1. The van der Waals surface area contributed by atoms with Crippen LogP contribution in [-0.4, -0.2) is 19.6 Å². The van der Waals surface area contributed by atoms with E-state index in [1.165, 1.54) is 13.0 Å². The van der Waals surface area contributed by atoms with E-state index in [-0.39, 0.29) is 10.6 Å². The minimum atomic E-state index is -3.74. The lowest BCUT2D eigenvalue weighted by molar-refractivity contribution is -0.115. The summed E-state index contributed by atoms with van der Waals surface area (Å²) in [6.45, 7) is 1.28. The second-order valence-corrected chi connectivity index (χ2v) is 5.55. The van der Waals surface area contributed by atoms with Gasteiger partial charge in [-0.3, -0.25) is 4.79 Å². The van der Waals surface area contributed by atoms with Crippen molar-refractivity contribution in [1.29, 1.82) is 0 Å². The topological polar surface area (TPSA) is 63.2 Å². The van der Waals surface area contributed by atoms with Gasteiger partial charge in [-0.1, -0.05) is 0 Å². The molecule has 1 aromatic carbocycles. The van der Waals surface area contributed by atoms with E-state index in [1.807, 2.05) is 0 Å². The summed E-state index contributed by atoms with van der Waals surface area (Å²) in [7, 11) is -3.74. The van der Waals surface area contributed by atoms with Crippen LogP contribution in [0.2, 0.25) is 0 Å². The highest BCUT2D eigenvalue weighted by Gasteiger charge is 2.36. The van der Waals surface area contributed by atoms with Crippen LogP contribution in [0.1, 0.15) is 6.92 Å². The lowest BCUT2D eigenvalue weighted by atomic mass is 10.3. The minimum Gasteiger partial charge on any atom is -0.324 e. The van der Waals surface area contributed by atoms with E-state index in [1.54, 1.807) is 0 Å². The zero-order chi connectivity index (χ0) is 11.2. The number of carbonyl (C=O) groups excluding carboxylic acids is 1. The van der Waals surface area contributed by atoms with Gasteiger partial charge in [-0.25, -0.2) is 12.8 Å². The van der Waals surface area contributed by atoms with Crippen LogP contribution in [0.25, 0.3) is 0 Å². The number of rotatable bonds is 0. The van der Waals surface area contributed by atoms with Crippen molar-refractivity contribution in [2.45, 2.75) is 17.1 Å². The number of hydrogen-bond acceptors (Lipinski definition) is 3. The van der Waals surface area contributed by atoms with E-state index < -0.39 is 26.8 Å². The maximum absolute atomic E-state index is 12.9. The predicted molar refractivity (Wildman–Crippen MR) is 51.7 cm³/mol. The Morgan fingerprint density at radius 3 is 2.73 bits per heavy atom. The fourth-order valence-corrected chi connectivity index (χ4v) is 2.82. The van der Waals surface area contributed by atoms with E-state index in [4.69, 9.17) is 0 Å². The Balaban J connectivity index is 2.73. The molecule has 0 aliphatic carbocycles. The number of nitrogens with one attached hydrogen (secondary N) is 1. The molecule has 1 amide bonds. The van der Waals surface area contributed by atoms with Crippen LogP contribution in [-0.2, 0) is 14.6 Å². The lowest BCUT2D eigenvalue weighted by Crippen LogP contribution is -2.37. The van der Waals surface area contributed by atoms with Gasteiger partial charge in [0.15, 0.2) is 9.84 Å². The minimum absolute atomic E-state index is 0.138. The summed E-state index contributed by atoms with van der Waals surface area (Å²) in [6, 6.07) is 3.26. The third-order valence-corrected chi connectivity index (χ3v) is 4.44. The van der Waals surface area contributed by atoms with Gasteiger partial charge in [0, 0.05) is 0 Å². The van der Waals surface area contributed by atoms with Crippen LogP contribution in [0, 0.1) is 5.82 Å². The van der Waals surface area contributed by atoms with Crippen molar-refractivity contribution in [3.05, 3.63) is 24.0 Å². The Labute approximate surface area is 86.0 Å². The van der Waals surface area contributed by atoms with Crippen LogP contribution in [0.3, 0.4) is 0 Å². The fourth-order valence-electron chi connectivity index (χ4n) is 1.40. The molecule has 1 N–H and O–H groups in total. The lowest BCUT2D eigenvalue weighted by Gasteiger charge is -2.21. The first kappa shape index (κ1) is 10.1. The molecule has 1 aliphatic heterocycles. The van der Waals surface area contributed by atoms with Crippen molar-refractivity contribution in [3.63, 3.8) is 0 Å². The van der Waals surface area contributed by atoms with Gasteiger partial charge in [-0.05, 0) is 25.1 Å². The van der Waals surface area contributed by atoms with Crippen molar-refractivity contribution < 1.29 is 17.6 Å². The van der Waals surface area contributed by atoms with Crippen LogP contribution in [0.15, 0.2) is 23.1 Å². The Kier molecular flexibility index (Phi) is 2.04. The van der Waals surface area contributed by atoms with Gasteiger partial charge in [-0.2, -0.15) is 0 Å². The smallest absolute Gasteiger partial charge is 0.242 e. The van der Waals surface area contributed by atoms with Gasteiger partial charge in [0.05, 0.1) is 10.6 Å². The number of hydrogen-bond donors (Lipinski definition) is 1. The molecule has 0 radical (unpaired) electrons. The van der Waals surface area contributed by atoms with Crippen LogP contribution in [0.5, 0.6) is 0 Å². The van der Waals surface area contributed by atoms with Gasteiger partial charge < -0.3 is 5.32 Å². The SMILES string of the molecule is CC1C(=O)Nc2ccc(F)cc2S1(=O)=O. The average Bonchev–Trinajstić information content (AvgIpc) is 2.17. The molecule has 4 nitrogen and oxygen atoms in total. The zero-order valence-electron chi connectivity index (χ0n) is 7.82. The van der Waals surface area contributed by atoms with Crippen LogP contribution in [0.4, 0.5) is 10.1 Å². The van der Waals surface area contributed by atoms with Gasteiger partial charge in [-0.15, -0.1) is 0 Å². The number of benzene rings is 1. The van der Waals surface area contributed by atoms with E-state index in [0.717, 1.165) is 12.1 Å². The maximum atomic E-state index is 12.9. The molecule has 15 heavy (non-hydrogen) atoms. The van der Waals surface area contributed by atoms with Gasteiger partial charge in [0.1, 0.15) is 11.1 Å². The Morgan fingerprint density at radius 2 is 2.07 bits per heavy atom. The molecule has 0 spiro atoms. The molecule has 0 aromatic heterocycles. The Morgan fingerprint density at radius 1 is 1.40 bits per heavy atom. The Hall–Kier alpha value is -1.43. The molecule has 0 fully saturated rings. The molecule has 1 atom stereocenters. The molecule has 0 saturated carbocycles. The summed E-state index contributed by atoms with van der Waals surface area (Å²) in [5, 5.41) is 1.23. The third-order valence-electron chi connectivity index (χ3n) is 2.34. The first-order valence-electron chi connectivity index (χ1n) is 4.27. The quantitative estimate of drug-likeness (QED) is 0.720. The highest BCUT2D eigenvalue weighted by molar-refractivity contribution is 7.93. The summed E-state index contributed by atoms with van der Waals surface area (Å²) in [6.07, 6.45) is 0. The maximum Gasteiger partial charge on any atom is 0.242 e. The van der Waals surface area contributed by atoms with E-state index in [2.05, 4.69) is 5.32 Å². The molecular weight excluding hydrogens is 221 g/mol. The molecule has 0 saturated heterocycles.